The van der Waals surface area contributed by atoms with Crippen LogP contribution < -0.4 is 19.9 Å². The van der Waals surface area contributed by atoms with Crippen molar-refractivity contribution in [3.05, 3.63) is 53.6 Å². The number of halogens is 1. The van der Waals surface area contributed by atoms with Gasteiger partial charge in [0.25, 0.3) is 0 Å². The second kappa shape index (κ2) is 7.40. The summed E-state index contributed by atoms with van der Waals surface area (Å²) in [6.45, 7) is 0. The average Bonchev–Trinajstić information content (AvgIpc) is 3.17. The molecule has 1 aromatic heterocycles. The molecule has 2 aromatic carbocycles. The third-order valence-electron chi connectivity index (χ3n) is 3.95. The predicted molar refractivity (Wildman–Crippen MR) is 93.9 cm³/mol. The fraction of sp³-hybridized carbons (Fsp3) is 0.222. The molecule has 0 unspecified atom stereocenters. The first-order valence-corrected chi connectivity index (χ1v) is 7.81. The van der Waals surface area contributed by atoms with Gasteiger partial charge in [-0.1, -0.05) is 12.1 Å². The van der Waals surface area contributed by atoms with Crippen LogP contribution in [0.25, 0.3) is 11.4 Å². The Morgan fingerprint density at radius 1 is 1.00 bits per heavy atom. The maximum Gasteiger partial charge on any atom is 0.203 e. The summed E-state index contributed by atoms with van der Waals surface area (Å²) in [5.74, 6) is 2.04. The van der Waals surface area contributed by atoms with Crippen LogP contribution in [0.4, 0.5) is 4.39 Å². The largest absolute Gasteiger partial charge is 0.493 e. The highest BCUT2D eigenvalue weighted by Gasteiger charge is 2.18. The topological polar surface area (TPSA) is 95.3 Å². The number of nitrogens with zero attached hydrogens (tertiary/aromatic N) is 2. The lowest BCUT2D eigenvalue weighted by Gasteiger charge is -2.13. The summed E-state index contributed by atoms with van der Waals surface area (Å²) in [5.41, 5.74) is 7.59. The first-order valence-electron chi connectivity index (χ1n) is 7.81. The Morgan fingerprint density at radius 2 is 1.62 bits per heavy atom. The van der Waals surface area contributed by atoms with Crippen LogP contribution in [0.5, 0.6) is 17.2 Å². The molecule has 8 heteroatoms. The Morgan fingerprint density at radius 3 is 2.15 bits per heavy atom. The van der Waals surface area contributed by atoms with Crippen molar-refractivity contribution in [3.8, 4) is 28.6 Å². The number of H-pyrrole nitrogens is 1. The molecule has 3 N–H and O–H groups in total. The highest BCUT2D eigenvalue weighted by atomic mass is 19.1. The third kappa shape index (κ3) is 3.31. The van der Waals surface area contributed by atoms with Crippen molar-refractivity contribution in [1.82, 2.24) is 15.2 Å². The minimum absolute atomic E-state index is 0.323. The lowest BCUT2D eigenvalue weighted by Crippen LogP contribution is -2.13. The number of aromatic nitrogens is 3. The smallest absolute Gasteiger partial charge is 0.203 e. The summed E-state index contributed by atoms with van der Waals surface area (Å²) in [4.78, 5) is 4.45. The van der Waals surface area contributed by atoms with E-state index in [1.807, 2.05) is 0 Å². The van der Waals surface area contributed by atoms with E-state index in [1.165, 1.54) is 33.5 Å². The van der Waals surface area contributed by atoms with Gasteiger partial charge in [-0.15, -0.1) is 0 Å². The van der Waals surface area contributed by atoms with Gasteiger partial charge in [-0.3, -0.25) is 5.10 Å². The van der Waals surface area contributed by atoms with Crippen molar-refractivity contribution in [3.63, 3.8) is 0 Å². The molecule has 3 aromatic rings. The molecule has 1 heterocycles. The first-order chi connectivity index (χ1) is 12.6. The van der Waals surface area contributed by atoms with E-state index in [-0.39, 0.29) is 5.82 Å². The molecule has 0 aliphatic carbocycles. The third-order valence-corrected chi connectivity index (χ3v) is 3.95. The van der Waals surface area contributed by atoms with Gasteiger partial charge in [-0.05, 0) is 29.8 Å². The van der Waals surface area contributed by atoms with Gasteiger partial charge in [0.15, 0.2) is 17.3 Å². The van der Waals surface area contributed by atoms with Crippen molar-refractivity contribution in [2.24, 2.45) is 5.73 Å². The van der Waals surface area contributed by atoms with Crippen molar-refractivity contribution in [1.29, 1.82) is 0 Å². The standard InChI is InChI=1S/C18H19FN4O3/c1-24-13-8-11(9-14(25-2)16(13)26-3)17-21-18(23-22-17)15(20)10-4-6-12(19)7-5-10/h4-9,15H,20H2,1-3H3,(H,21,22,23)/t15-/m1/s1. The van der Waals surface area contributed by atoms with E-state index in [0.29, 0.717) is 34.5 Å². The number of hydrogen-bond acceptors (Lipinski definition) is 6. The maximum atomic E-state index is 13.1. The van der Waals surface area contributed by atoms with E-state index < -0.39 is 6.04 Å². The van der Waals surface area contributed by atoms with Gasteiger partial charge < -0.3 is 19.9 Å². The van der Waals surface area contributed by atoms with E-state index in [4.69, 9.17) is 19.9 Å². The summed E-state index contributed by atoms with van der Waals surface area (Å²) < 4.78 is 29.1. The quantitative estimate of drug-likeness (QED) is 0.703. The van der Waals surface area contributed by atoms with E-state index in [0.717, 1.165) is 5.56 Å². The molecule has 0 fully saturated rings. The van der Waals surface area contributed by atoms with Gasteiger partial charge in [0.1, 0.15) is 11.6 Å². The number of nitrogens with two attached hydrogens (primary N) is 1. The Kier molecular flexibility index (Phi) is 5.04. The van der Waals surface area contributed by atoms with Gasteiger partial charge in [-0.25, -0.2) is 9.37 Å². The molecule has 0 saturated carbocycles. The van der Waals surface area contributed by atoms with Crippen LogP contribution in [0.3, 0.4) is 0 Å². The molecule has 0 saturated heterocycles. The zero-order valence-corrected chi connectivity index (χ0v) is 14.6. The minimum atomic E-state index is -0.557. The first kappa shape index (κ1) is 17.7. The Hall–Kier alpha value is -3.13. The average molecular weight is 358 g/mol. The molecule has 0 amide bonds. The van der Waals surface area contributed by atoms with Gasteiger partial charge in [0.2, 0.25) is 5.75 Å². The van der Waals surface area contributed by atoms with E-state index >= 15 is 0 Å². The number of benzene rings is 2. The highest BCUT2D eigenvalue weighted by molar-refractivity contribution is 5.66. The van der Waals surface area contributed by atoms with E-state index in [2.05, 4.69) is 15.2 Å². The van der Waals surface area contributed by atoms with Crippen molar-refractivity contribution in [2.45, 2.75) is 6.04 Å². The fourth-order valence-electron chi connectivity index (χ4n) is 2.58. The number of nitrogens with one attached hydrogen (secondary N) is 1. The van der Waals surface area contributed by atoms with Crippen molar-refractivity contribution >= 4 is 0 Å². The molecule has 0 bridgehead atoms. The van der Waals surface area contributed by atoms with Crippen molar-refractivity contribution < 1.29 is 18.6 Å². The van der Waals surface area contributed by atoms with Gasteiger partial charge in [0.05, 0.1) is 27.4 Å². The van der Waals surface area contributed by atoms with Crippen LogP contribution in [0.2, 0.25) is 0 Å². The number of aromatic amines is 1. The lowest BCUT2D eigenvalue weighted by molar-refractivity contribution is 0.324. The second-order valence-corrected chi connectivity index (χ2v) is 5.49. The summed E-state index contributed by atoms with van der Waals surface area (Å²) in [6.07, 6.45) is 0. The number of ether oxygens (including phenoxy) is 3. The van der Waals surface area contributed by atoms with Crippen LogP contribution in [-0.2, 0) is 0 Å². The summed E-state index contributed by atoms with van der Waals surface area (Å²) in [6, 6.07) is 8.87. The lowest BCUT2D eigenvalue weighted by atomic mass is 10.1. The normalized spacial score (nSPS) is 11.9. The summed E-state index contributed by atoms with van der Waals surface area (Å²) in [7, 11) is 4.61. The molecular formula is C18H19FN4O3. The zero-order valence-electron chi connectivity index (χ0n) is 14.6. The number of rotatable bonds is 6. The highest BCUT2D eigenvalue weighted by Crippen LogP contribution is 2.40. The molecule has 0 radical (unpaired) electrons. The molecule has 136 valence electrons. The second-order valence-electron chi connectivity index (χ2n) is 5.49. The van der Waals surface area contributed by atoms with Crippen LogP contribution in [0.1, 0.15) is 17.4 Å². The molecule has 0 aliphatic rings. The van der Waals surface area contributed by atoms with Gasteiger partial charge >= 0.3 is 0 Å². The van der Waals surface area contributed by atoms with E-state index in [9.17, 15) is 4.39 Å². The molecule has 26 heavy (non-hydrogen) atoms. The minimum Gasteiger partial charge on any atom is -0.493 e. The molecular weight excluding hydrogens is 339 g/mol. The molecule has 7 nitrogen and oxygen atoms in total. The summed E-state index contributed by atoms with van der Waals surface area (Å²) in [5, 5.41) is 7.04. The number of methoxy groups -OCH3 is 3. The monoisotopic (exact) mass is 358 g/mol. The van der Waals surface area contributed by atoms with Gasteiger partial charge in [-0.2, -0.15) is 5.10 Å². The Bertz CT molecular complexity index is 871. The summed E-state index contributed by atoms with van der Waals surface area (Å²) >= 11 is 0. The Labute approximate surface area is 149 Å². The van der Waals surface area contributed by atoms with Crippen LogP contribution in [0.15, 0.2) is 36.4 Å². The molecule has 0 aliphatic heterocycles. The van der Waals surface area contributed by atoms with Gasteiger partial charge in [0, 0.05) is 5.56 Å². The predicted octanol–water partition coefficient (Wildman–Crippen LogP) is 2.68. The van der Waals surface area contributed by atoms with E-state index in [1.54, 1.807) is 24.3 Å². The van der Waals surface area contributed by atoms with Crippen LogP contribution in [0, 0.1) is 5.82 Å². The van der Waals surface area contributed by atoms with Crippen LogP contribution in [-0.4, -0.2) is 36.5 Å². The fourth-order valence-corrected chi connectivity index (χ4v) is 2.58. The SMILES string of the molecule is COc1cc(-c2n[nH]c([C@H](N)c3ccc(F)cc3)n2)cc(OC)c1OC. The maximum absolute atomic E-state index is 13.1. The molecule has 0 spiro atoms. The molecule has 3 rings (SSSR count). The Balaban J connectivity index is 1.95. The van der Waals surface area contributed by atoms with Crippen molar-refractivity contribution in [2.75, 3.05) is 21.3 Å². The molecule has 1 atom stereocenters. The zero-order chi connectivity index (χ0) is 18.7. The van der Waals surface area contributed by atoms with Crippen LogP contribution >= 0.6 is 0 Å². The number of hydrogen-bond donors (Lipinski definition) is 2.